The monoisotopic (exact) mass is 270 g/mol. The fraction of sp³-hybridized carbons (Fsp3) is 0.692. The normalized spacial score (nSPS) is 16.8. The molecule has 1 aromatic heterocycles. The molecule has 0 saturated heterocycles. The molecule has 1 unspecified atom stereocenters. The maximum Gasteiger partial charge on any atom is 0.329 e. The molecule has 0 amide bonds. The number of halogens is 1. The second-order valence-corrected chi connectivity index (χ2v) is 5.37. The van der Waals surface area contributed by atoms with Crippen molar-refractivity contribution in [3.8, 4) is 0 Å². The third-order valence-corrected chi connectivity index (χ3v) is 3.99. The van der Waals surface area contributed by atoms with Gasteiger partial charge in [0.1, 0.15) is 5.15 Å². The summed E-state index contributed by atoms with van der Waals surface area (Å²) in [5.74, 6) is 0.682. The lowest BCUT2D eigenvalue weighted by Crippen LogP contribution is -2.40. The van der Waals surface area contributed by atoms with Gasteiger partial charge in [0, 0.05) is 6.04 Å². The largest absolute Gasteiger partial charge is 0.329 e. The van der Waals surface area contributed by atoms with Crippen molar-refractivity contribution in [3.63, 3.8) is 0 Å². The van der Waals surface area contributed by atoms with Crippen molar-refractivity contribution in [2.45, 2.75) is 52.0 Å². The Morgan fingerprint density at radius 1 is 1.39 bits per heavy atom. The molecular weight excluding hydrogens is 252 g/mol. The molecule has 1 N–H and O–H groups in total. The maximum absolute atomic E-state index is 12.3. The molecule has 0 bridgehead atoms. The first kappa shape index (κ1) is 13.4. The molecule has 0 radical (unpaired) electrons. The van der Waals surface area contributed by atoms with E-state index in [2.05, 4.69) is 4.98 Å². The van der Waals surface area contributed by atoms with Crippen molar-refractivity contribution in [1.82, 2.24) is 9.55 Å². The van der Waals surface area contributed by atoms with Gasteiger partial charge in [0.25, 0.3) is 5.56 Å². The van der Waals surface area contributed by atoms with Crippen molar-refractivity contribution >= 4 is 11.6 Å². The predicted octanol–water partition coefficient (Wildman–Crippen LogP) is 2.50. The molecule has 1 saturated carbocycles. The minimum Gasteiger partial charge on any atom is -0.297 e. The molecule has 0 spiro atoms. The van der Waals surface area contributed by atoms with Gasteiger partial charge in [-0.1, -0.05) is 38.3 Å². The van der Waals surface area contributed by atoms with E-state index in [1.54, 1.807) is 0 Å². The average molecular weight is 271 g/mol. The van der Waals surface area contributed by atoms with Crippen molar-refractivity contribution in [1.29, 1.82) is 0 Å². The van der Waals surface area contributed by atoms with E-state index in [0.29, 0.717) is 17.9 Å². The van der Waals surface area contributed by atoms with Crippen LogP contribution in [0.2, 0.25) is 5.15 Å². The van der Waals surface area contributed by atoms with Gasteiger partial charge in [0.05, 0.1) is 5.56 Å². The molecule has 0 aliphatic heterocycles. The number of nitrogens with zero attached hydrogens (tertiary/aromatic N) is 1. The summed E-state index contributed by atoms with van der Waals surface area (Å²) in [4.78, 5) is 26.8. The SMILES string of the molecule is CCc1c(Cl)[nH]c(=O)n(C(CC)CC2CC2)c1=O. The second kappa shape index (κ2) is 5.31. The zero-order valence-electron chi connectivity index (χ0n) is 10.8. The highest BCUT2D eigenvalue weighted by Crippen LogP contribution is 2.37. The lowest BCUT2D eigenvalue weighted by molar-refractivity contribution is 0.400. The summed E-state index contributed by atoms with van der Waals surface area (Å²) in [6.07, 6.45) is 4.69. The zero-order chi connectivity index (χ0) is 13.3. The zero-order valence-corrected chi connectivity index (χ0v) is 11.6. The molecule has 1 fully saturated rings. The van der Waals surface area contributed by atoms with Crippen molar-refractivity contribution < 1.29 is 0 Å². The van der Waals surface area contributed by atoms with E-state index >= 15 is 0 Å². The van der Waals surface area contributed by atoms with Gasteiger partial charge in [-0.2, -0.15) is 0 Å². The summed E-state index contributed by atoms with van der Waals surface area (Å²) in [5, 5.41) is 0.185. The van der Waals surface area contributed by atoms with Crippen molar-refractivity contribution in [2.75, 3.05) is 0 Å². The fourth-order valence-electron chi connectivity index (χ4n) is 2.39. The van der Waals surface area contributed by atoms with Gasteiger partial charge in [0.2, 0.25) is 0 Å². The first-order valence-corrected chi connectivity index (χ1v) is 6.99. The summed E-state index contributed by atoms with van der Waals surface area (Å²) in [5.41, 5.74) is -0.0982. The number of hydrogen-bond acceptors (Lipinski definition) is 2. The number of aromatic nitrogens is 2. The number of hydrogen-bond donors (Lipinski definition) is 1. The van der Waals surface area contributed by atoms with E-state index in [1.807, 2.05) is 13.8 Å². The van der Waals surface area contributed by atoms with E-state index in [-0.39, 0.29) is 22.4 Å². The van der Waals surface area contributed by atoms with Crippen LogP contribution in [-0.2, 0) is 6.42 Å². The molecule has 1 atom stereocenters. The fourth-order valence-corrected chi connectivity index (χ4v) is 2.69. The van der Waals surface area contributed by atoms with Crippen LogP contribution in [0.5, 0.6) is 0 Å². The minimum absolute atomic E-state index is 0.00341. The molecule has 5 heteroatoms. The molecular formula is C13H19ClN2O2. The van der Waals surface area contributed by atoms with E-state index in [9.17, 15) is 9.59 Å². The van der Waals surface area contributed by atoms with Gasteiger partial charge in [-0.3, -0.25) is 14.3 Å². The van der Waals surface area contributed by atoms with Gasteiger partial charge < -0.3 is 0 Å². The van der Waals surface area contributed by atoms with E-state index in [1.165, 1.54) is 17.4 Å². The second-order valence-electron chi connectivity index (χ2n) is 4.99. The van der Waals surface area contributed by atoms with Crippen molar-refractivity contribution in [3.05, 3.63) is 31.6 Å². The topological polar surface area (TPSA) is 54.9 Å². The van der Waals surface area contributed by atoms with Gasteiger partial charge in [0.15, 0.2) is 0 Å². The first-order valence-electron chi connectivity index (χ1n) is 6.61. The number of aromatic amines is 1. The van der Waals surface area contributed by atoms with Crippen LogP contribution in [0.15, 0.2) is 9.59 Å². The highest BCUT2D eigenvalue weighted by molar-refractivity contribution is 6.30. The Bertz CT molecular complexity index is 543. The van der Waals surface area contributed by atoms with Gasteiger partial charge in [-0.15, -0.1) is 0 Å². The quantitative estimate of drug-likeness (QED) is 0.836. The van der Waals surface area contributed by atoms with Crippen LogP contribution in [0.1, 0.15) is 51.1 Å². The Labute approximate surface area is 111 Å². The Morgan fingerprint density at radius 2 is 2.06 bits per heavy atom. The maximum atomic E-state index is 12.3. The molecule has 1 heterocycles. The number of nitrogens with one attached hydrogen (secondary N) is 1. The summed E-state index contributed by atoms with van der Waals surface area (Å²) in [6.45, 7) is 3.88. The van der Waals surface area contributed by atoms with E-state index < -0.39 is 0 Å². The van der Waals surface area contributed by atoms with Gasteiger partial charge in [-0.25, -0.2) is 4.79 Å². The molecule has 1 aromatic rings. The highest BCUT2D eigenvalue weighted by atomic mass is 35.5. The van der Waals surface area contributed by atoms with E-state index in [0.717, 1.165) is 12.8 Å². The lowest BCUT2D eigenvalue weighted by atomic mass is 10.1. The third kappa shape index (κ3) is 2.53. The molecule has 0 aromatic carbocycles. The predicted molar refractivity (Wildman–Crippen MR) is 72.4 cm³/mol. The van der Waals surface area contributed by atoms with Gasteiger partial charge in [-0.05, 0) is 25.2 Å². The lowest BCUT2D eigenvalue weighted by Gasteiger charge is -2.18. The van der Waals surface area contributed by atoms with Crippen LogP contribution in [0.25, 0.3) is 0 Å². The number of H-pyrrole nitrogens is 1. The molecule has 1 aliphatic carbocycles. The number of rotatable bonds is 5. The molecule has 100 valence electrons. The van der Waals surface area contributed by atoms with Crippen LogP contribution >= 0.6 is 11.6 Å². The Hall–Kier alpha value is -1.03. The average Bonchev–Trinajstić information content (AvgIpc) is 3.11. The summed E-state index contributed by atoms with van der Waals surface area (Å²) >= 11 is 5.90. The summed E-state index contributed by atoms with van der Waals surface area (Å²) in [7, 11) is 0. The van der Waals surface area contributed by atoms with E-state index in [4.69, 9.17) is 11.6 Å². The Balaban J connectivity index is 2.47. The molecule has 1 aliphatic rings. The standard InChI is InChI=1S/C13H19ClN2O2/c1-3-9(7-8-5-6-8)16-12(17)10(4-2)11(14)15-13(16)18/h8-9H,3-7H2,1-2H3,(H,15,18). The molecule has 18 heavy (non-hydrogen) atoms. The van der Waals surface area contributed by atoms with Crippen LogP contribution in [0, 0.1) is 5.92 Å². The summed E-state index contributed by atoms with van der Waals surface area (Å²) in [6, 6.07) is -0.00341. The van der Waals surface area contributed by atoms with Crippen LogP contribution < -0.4 is 11.2 Å². The molecule has 2 rings (SSSR count). The highest BCUT2D eigenvalue weighted by Gasteiger charge is 2.27. The van der Waals surface area contributed by atoms with Crippen LogP contribution in [-0.4, -0.2) is 9.55 Å². The Kier molecular flexibility index (Phi) is 3.95. The van der Waals surface area contributed by atoms with Gasteiger partial charge >= 0.3 is 5.69 Å². The third-order valence-electron chi connectivity index (χ3n) is 3.67. The summed E-state index contributed by atoms with van der Waals surface area (Å²) < 4.78 is 1.36. The Morgan fingerprint density at radius 3 is 2.56 bits per heavy atom. The smallest absolute Gasteiger partial charge is 0.297 e. The van der Waals surface area contributed by atoms with Crippen molar-refractivity contribution in [2.24, 2.45) is 5.92 Å². The van der Waals surface area contributed by atoms with Crippen LogP contribution in [0.4, 0.5) is 0 Å². The first-order chi connectivity index (χ1) is 8.58. The van der Waals surface area contributed by atoms with Crippen LogP contribution in [0.3, 0.4) is 0 Å². The minimum atomic E-state index is -0.380. The molecule has 4 nitrogen and oxygen atoms in total.